The minimum absolute atomic E-state index is 0.0798. The monoisotopic (exact) mass is 564 g/mol. The number of hydrogen-bond acceptors (Lipinski definition) is 12. The Kier molecular flexibility index (Phi) is 10.3. The third-order valence-electron chi connectivity index (χ3n) is 6.54. The number of benzene rings is 1. The number of esters is 4. The Bertz CT molecular complexity index is 1120. The normalized spacial score (nSPS) is 25.3. The van der Waals surface area contributed by atoms with Gasteiger partial charge in [0.05, 0.1) is 7.11 Å². The first-order valence-corrected chi connectivity index (χ1v) is 12.9. The molecule has 6 atom stereocenters. The molecule has 0 aromatic heterocycles. The van der Waals surface area contributed by atoms with Gasteiger partial charge in [0.1, 0.15) is 18.5 Å². The summed E-state index contributed by atoms with van der Waals surface area (Å²) in [6.07, 6.45) is -5.24. The van der Waals surface area contributed by atoms with E-state index >= 15 is 0 Å². The number of hydrogen-bond donors (Lipinski definition) is 1. The largest absolute Gasteiger partial charge is 0.497 e. The van der Waals surface area contributed by atoms with E-state index in [9.17, 15) is 24.0 Å². The average molecular weight is 565 g/mol. The van der Waals surface area contributed by atoms with Gasteiger partial charge in [-0.1, -0.05) is 0 Å². The molecular formula is C27H36N2O11. The number of ether oxygens (including phenoxy) is 6. The van der Waals surface area contributed by atoms with Crippen molar-refractivity contribution >= 4 is 35.5 Å². The molecule has 0 bridgehead atoms. The maximum absolute atomic E-state index is 12.3. The lowest BCUT2D eigenvalue weighted by atomic mass is 9.96. The Balaban J connectivity index is 2.07. The highest BCUT2D eigenvalue weighted by Gasteiger charge is 2.55. The number of anilines is 1. The molecule has 1 amide bonds. The molecule has 1 fully saturated rings. The van der Waals surface area contributed by atoms with E-state index in [-0.39, 0.29) is 18.4 Å². The average Bonchev–Trinajstić information content (AvgIpc) is 3.21. The van der Waals surface area contributed by atoms with Crippen LogP contribution < -0.4 is 15.0 Å². The number of nitrogens with zero attached hydrogens (tertiary/aromatic N) is 1. The van der Waals surface area contributed by atoms with E-state index in [1.165, 1.54) is 34.6 Å². The molecule has 0 radical (unpaired) electrons. The Labute approximate surface area is 232 Å². The second-order valence-electron chi connectivity index (χ2n) is 9.64. The van der Waals surface area contributed by atoms with E-state index < -0.39 is 54.5 Å². The molecule has 0 aliphatic carbocycles. The van der Waals surface area contributed by atoms with Crippen molar-refractivity contribution in [3.63, 3.8) is 0 Å². The standard InChI is InChI=1S/C27H36N2O11/c1-14(30)28-10-9-19-12-29(22-8-7-20(35-6)11-21(19)22)27-26(39-18(5)34)25(38-17(4)33)24(37-16(3)32)23(40-27)13-36-15(2)31/h7-8,11,19,23-27H,9-10,12-13H2,1-6H3,(H,28,30)/t19?,23-,24-,25+,26-,27+/m1/s1. The number of rotatable bonds is 10. The molecule has 0 saturated carbocycles. The van der Waals surface area contributed by atoms with E-state index in [4.69, 9.17) is 28.4 Å². The maximum Gasteiger partial charge on any atom is 0.303 e. The zero-order valence-corrected chi connectivity index (χ0v) is 23.5. The Morgan fingerprint density at radius 1 is 0.900 bits per heavy atom. The summed E-state index contributed by atoms with van der Waals surface area (Å²) in [5.41, 5.74) is 1.66. The molecule has 13 nitrogen and oxygen atoms in total. The SMILES string of the molecule is COc1ccc2c(c1)C(CCNC(C)=O)CN2[C@H]1O[C@H](COC(C)=O)[C@@H](OC(C)=O)[C@H](OC(C)=O)[C@H]1OC(C)=O. The minimum Gasteiger partial charge on any atom is -0.497 e. The van der Waals surface area contributed by atoms with Crippen LogP contribution in [0.4, 0.5) is 5.69 Å². The van der Waals surface area contributed by atoms with Crippen molar-refractivity contribution in [2.45, 2.75) is 77.6 Å². The van der Waals surface area contributed by atoms with Crippen molar-refractivity contribution in [2.24, 2.45) is 0 Å². The van der Waals surface area contributed by atoms with Crippen LogP contribution >= 0.6 is 0 Å². The summed E-state index contributed by atoms with van der Waals surface area (Å²) in [7, 11) is 1.56. The molecule has 13 heteroatoms. The van der Waals surface area contributed by atoms with Gasteiger partial charge in [-0.15, -0.1) is 0 Å². The lowest BCUT2D eigenvalue weighted by Crippen LogP contribution is -2.66. The van der Waals surface area contributed by atoms with Crippen molar-refractivity contribution in [1.82, 2.24) is 5.32 Å². The number of carbonyl (C=O) groups excluding carboxylic acids is 5. The van der Waals surface area contributed by atoms with Crippen LogP contribution in [0.5, 0.6) is 5.75 Å². The van der Waals surface area contributed by atoms with Gasteiger partial charge in [0.2, 0.25) is 5.91 Å². The molecule has 220 valence electrons. The van der Waals surface area contributed by atoms with Crippen molar-refractivity contribution in [3.8, 4) is 5.75 Å². The van der Waals surface area contributed by atoms with E-state index in [1.54, 1.807) is 13.2 Å². The Morgan fingerprint density at radius 2 is 1.52 bits per heavy atom. The molecule has 2 aliphatic heterocycles. The molecule has 2 aliphatic rings. The lowest BCUT2D eigenvalue weighted by Gasteiger charge is -2.47. The molecule has 1 N–H and O–H groups in total. The summed E-state index contributed by atoms with van der Waals surface area (Å²) < 4.78 is 33.7. The highest BCUT2D eigenvalue weighted by atomic mass is 16.7. The predicted octanol–water partition coefficient (Wildman–Crippen LogP) is 1.21. The zero-order valence-electron chi connectivity index (χ0n) is 23.5. The number of carbonyl (C=O) groups is 5. The van der Waals surface area contributed by atoms with Gasteiger partial charge in [0.15, 0.2) is 24.5 Å². The highest BCUT2D eigenvalue weighted by molar-refractivity contribution is 5.73. The van der Waals surface area contributed by atoms with Gasteiger partial charge in [-0.3, -0.25) is 24.0 Å². The third-order valence-corrected chi connectivity index (χ3v) is 6.54. The third kappa shape index (κ3) is 7.62. The van der Waals surface area contributed by atoms with Crippen LogP contribution in [0.25, 0.3) is 0 Å². The summed E-state index contributed by atoms with van der Waals surface area (Å²) in [5, 5.41) is 2.80. The van der Waals surface area contributed by atoms with Crippen LogP contribution in [-0.2, 0) is 47.7 Å². The van der Waals surface area contributed by atoms with E-state index in [2.05, 4.69) is 5.32 Å². The van der Waals surface area contributed by atoms with Gasteiger partial charge in [-0.25, -0.2) is 0 Å². The van der Waals surface area contributed by atoms with Crippen molar-refractivity contribution in [1.29, 1.82) is 0 Å². The fourth-order valence-electron chi connectivity index (χ4n) is 5.05. The molecular weight excluding hydrogens is 528 g/mol. The summed E-state index contributed by atoms with van der Waals surface area (Å²) in [6.45, 7) is 6.70. The molecule has 0 spiro atoms. The van der Waals surface area contributed by atoms with Gasteiger partial charge in [0, 0.05) is 59.3 Å². The Morgan fingerprint density at radius 3 is 2.10 bits per heavy atom. The summed E-state index contributed by atoms with van der Waals surface area (Å²) in [4.78, 5) is 61.4. The summed E-state index contributed by atoms with van der Waals surface area (Å²) in [6, 6.07) is 5.49. The fraction of sp³-hybridized carbons (Fsp3) is 0.593. The van der Waals surface area contributed by atoms with Crippen molar-refractivity contribution in [2.75, 3.05) is 31.7 Å². The lowest BCUT2D eigenvalue weighted by molar-refractivity contribution is -0.252. The topological polar surface area (TPSA) is 156 Å². The smallest absolute Gasteiger partial charge is 0.303 e. The van der Waals surface area contributed by atoms with Crippen LogP contribution in [0.1, 0.15) is 52.5 Å². The Hall–Kier alpha value is -3.87. The van der Waals surface area contributed by atoms with Crippen molar-refractivity contribution < 1.29 is 52.4 Å². The second kappa shape index (κ2) is 13.5. The molecule has 1 aromatic rings. The van der Waals surface area contributed by atoms with Crippen LogP contribution in [0.2, 0.25) is 0 Å². The maximum atomic E-state index is 12.3. The summed E-state index contributed by atoms with van der Waals surface area (Å²) in [5.74, 6) is -2.27. The van der Waals surface area contributed by atoms with Crippen LogP contribution in [0.15, 0.2) is 18.2 Å². The van der Waals surface area contributed by atoms with E-state index in [0.29, 0.717) is 25.3 Å². The molecule has 3 rings (SSSR count). The second-order valence-corrected chi connectivity index (χ2v) is 9.64. The first-order valence-electron chi connectivity index (χ1n) is 12.9. The molecule has 1 saturated heterocycles. The first kappa shape index (κ1) is 30.7. The molecule has 1 aromatic carbocycles. The van der Waals surface area contributed by atoms with Crippen LogP contribution in [0, 0.1) is 0 Å². The van der Waals surface area contributed by atoms with Gasteiger partial charge < -0.3 is 38.6 Å². The number of amides is 1. The van der Waals surface area contributed by atoms with Crippen LogP contribution in [0.3, 0.4) is 0 Å². The van der Waals surface area contributed by atoms with Crippen LogP contribution in [-0.4, -0.2) is 87.2 Å². The zero-order chi connectivity index (χ0) is 29.6. The van der Waals surface area contributed by atoms with Crippen molar-refractivity contribution in [3.05, 3.63) is 23.8 Å². The van der Waals surface area contributed by atoms with Gasteiger partial charge in [-0.2, -0.15) is 0 Å². The summed E-state index contributed by atoms with van der Waals surface area (Å²) >= 11 is 0. The van der Waals surface area contributed by atoms with Gasteiger partial charge in [-0.05, 0) is 30.2 Å². The highest BCUT2D eigenvalue weighted by Crippen LogP contribution is 2.44. The number of fused-ring (bicyclic) bond motifs is 1. The minimum atomic E-state index is -1.27. The molecule has 2 heterocycles. The fourth-order valence-corrected chi connectivity index (χ4v) is 5.05. The quantitative estimate of drug-likeness (QED) is 0.321. The van der Waals surface area contributed by atoms with Gasteiger partial charge in [0.25, 0.3) is 0 Å². The molecule has 1 unspecified atom stereocenters. The number of nitrogens with one attached hydrogen (secondary N) is 1. The molecule has 40 heavy (non-hydrogen) atoms. The number of methoxy groups -OCH3 is 1. The van der Waals surface area contributed by atoms with E-state index in [1.807, 2.05) is 17.0 Å². The predicted molar refractivity (Wildman–Crippen MR) is 138 cm³/mol. The first-order chi connectivity index (χ1) is 18.9. The van der Waals surface area contributed by atoms with Gasteiger partial charge >= 0.3 is 23.9 Å². The van der Waals surface area contributed by atoms with E-state index in [0.717, 1.165) is 11.3 Å².